The summed E-state index contributed by atoms with van der Waals surface area (Å²) in [6, 6.07) is 16.9. The number of carbonyl (C=O) groups excluding carboxylic acids is 2. The third kappa shape index (κ3) is 5.15. The number of benzene rings is 2. The molecule has 31 heavy (non-hydrogen) atoms. The molecule has 0 bridgehead atoms. The van der Waals surface area contributed by atoms with Crippen LogP contribution in [0.5, 0.6) is 0 Å². The summed E-state index contributed by atoms with van der Waals surface area (Å²) in [6.07, 6.45) is 7.32. The Kier molecular flexibility index (Phi) is 6.40. The minimum atomic E-state index is -0.434. The van der Waals surface area contributed by atoms with Crippen molar-refractivity contribution >= 4 is 11.8 Å². The maximum absolute atomic E-state index is 13.3. The minimum absolute atomic E-state index is 0.0245. The Labute approximate surface area is 183 Å². The van der Waals surface area contributed by atoms with Crippen LogP contribution in [0, 0.1) is 5.82 Å². The van der Waals surface area contributed by atoms with Gasteiger partial charge in [-0.1, -0.05) is 55.3 Å². The molecule has 1 aliphatic heterocycles. The highest BCUT2D eigenvalue weighted by Crippen LogP contribution is 2.40. The normalized spacial score (nSPS) is 22.3. The Bertz CT molecular complexity index is 907. The first-order valence-corrected chi connectivity index (χ1v) is 11.4. The van der Waals surface area contributed by atoms with Crippen LogP contribution < -0.4 is 10.6 Å². The average Bonchev–Trinajstić information content (AvgIpc) is 3.41. The zero-order chi connectivity index (χ0) is 21.7. The van der Waals surface area contributed by atoms with E-state index in [0.717, 1.165) is 18.4 Å². The molecular weight excluding hydrogens is 391 g/mol. The Morgan fingerprint density at radius 1 is 1.00 bits per heavy atom. The van der Waals surface area contributed by atoms with Gasteiger partial charge < -0.3 is 10.6 Å². The van der Waals surface area contributed by atoms with Crippen molar-refractivity contribution in [1.29, 1.82) is 0 Å². The van der Waals surface area contributed by atoms with Crippen LogP contribution in [0.25, 0.3) is 0 Å². The Hall–Kier alpha value is -2.69. The number of amides is 2. The Morgan fingerprint density at radius 2 is 1.71 bits per heavy atom. The summed E-state index contributed by atoms with van der Waals surface area (Å²) in [5.74, 6) is -0.217. The molecule has 0 radical (unpaired) electrons. The summed E-state index contributed by atoms with van der Waals surface area (Å²) in [6.45, 7) is 0.660. The lowest BCUT2D eigenvalue weighted by atomic mass is 9.78. The number of carbonyl (C=O) groups is 2. The van der Waals surface area contributed by atoms with E-state index in [1.807, 2.05) is 6.07 Å². The molecule has 4 rings (SSSR count). The van der Waals surface area contributed by atoms with Gasteiger partial charge in [-0.15, -0.1) is 0 Å². The van der Waals surface area contributed by atoms with Crippen molar-refractivity contribution in [2.24, 2.45) is 0 Å². The molecule has 1 saturated carbocycles. The lowest BCUT2D eigenvalue weighted by molar-refractivity contribution is -0.123. The van der Waals surface area contributed by atoms with Gasteiger partial charge in [0, 0.05) is 30.3 Å². The average molecular weight is 423 g/mol. The number of rotatable bonds is 8. The molecule has 2 aliphatic rings. The highest BCUT2D eigenvalue weighted by Gasteiger charge is 2.39. The molecule has 1 unspecified atom stereocenters. The van der Waals surface area contributed by atoms with Crippen molar-refractivity contribution in [2.45, 2.75) is 68.7 Å². The summed E-state index contributed by atoms with van der Waals surface area (Å²) >= 11 is 0. The molecule has 164 valence electrons. The monoisotopic (exact) mass is 422 g/mol. The largest absolute Gasteiger partial charge is 0.355 e. The van der Waals surface area contributed by atoms with Crippen LogP contribution in [0.1, 0.15) is 62.5 Å². The third-order valence-electron chi connectivity index (χ3n) is 7.09. The van der Waals surface area contributed by atoms with Crippen LogP contribution in [0.4, 0.5) is 4.39 Å². The molecule has 0 aromatic heterocycles. The maximum Gasteiger partial charge on any atom is 0.220 e. The predicted molar refractivity (Wildman–Crippen MR) is 119 cm³/mol. The van der Waals surface area contributed by atoms with E-state index in [1.165, 1.54) is 30.5 Å². The van der Waals surface area contributed by atoms with E-state index in [-0.39, 0.29) is 23.0 Å². The standard InChI is InChI=1S/C26H31FN2O2/c27-22-10-8-20(9-11-22)18-26(17-13-24(31)29-26)16-12-23(30)28-19-25(14-4-5-15-25)21-6-2-1-3-7-21/h1-3,6-11H,4-5,12-19H2,(H,28,30)(H,29,31). The molecule has 2 aromatic carbocycles. The van der Waals surface area contributed by atoms with Crippen LogP contribution in [0.3, 0.4) is 0 Å². The van der Waals surface area contributed by atoms with Crippen LogP contribution in [0.15, 0.2) is 54.6 Å². The van der Waals surface area contributed by atoms with Crippen LogP contribution in [-0.4, -0.2) is 23.9 Å². The van der Waals surface area contributed by atoms with E-state index in [1.54, 1.807) is 12.1 Å². The fourth-order valence-electron chi connectivity index (χ4n) is 5.29. The van der Waals surface area contributed by atoms with E-state index >= 15 is 0 Å². The van der Waals surface area contributed by atoms with Gasteiger partial charge in [-0.05, 0) is 55.4 Å². The second-order valence-corrected chi connectivity index (χ2v) is 9.26. The first kappa shape index (κ1) is 21.5. The molecule has 1 saturated heterocycles. The molecule has 5 heteroatoms. The summed E-state index contributed by atoms with van der Waals surface area (Å²) < 4.78 is 13.3. The summed E-state index contributed by atoms with van der Waals surface area (Å²) in [4.78, 5) is 24.8. The van der Waals surface area contributed by atoms with Gasteiger partial charge in [-0.3, -0.25) is 9.59 Å². The molecule has 2 N–H and O–H groups in total. The summed E-state index contributed by atoms with van der Waals surface area (Å²) in [7, 11) is 0. The predicted octanol–water partition coefficient (Wildman–Crippen LogP) is 4.43. The smallest absolute Gasteiger partial charge is 0.220 e. The van der Waals surface area contributed by atoms with Gasteiger partial charge in [0.15, 0.2) is 0 Å². The minimum Gasteiger partial charge on any atom is -0.355 e. The van der Waals surface area contributed by atoms with E-state index in [4.69, 9.17) is 0 Å². The lowest BCUT2D eigenvalue weighted by Gasteiger charge is -2.31. The van der Waals surface area contributed by atoms with Crippen LogP contribution >= 0.6 is 0 Å². The molecule has 1 atom stereocenters. The Balaban J connectivity index is 1.37. The van der Waals surface area contributed by atoms with E-state index in [0.29, 0.717) is 38.6 Å². The topological polar surface area (TPSA) is 58.2 Å². The first-order valence-electron chi connectivity index (χ1n) is 11.4. The fraction of sp³-hybridized carbons (Fsp3) is 0.462. The van der Waals surface area contributed by atoms with Crippen molar-refractivity contribution < 1.29 is 14.0 Å². The van der Waals surface area contributed by atoms with E-state index < -0.39 is 5.54 Å². The van der Waals surface area contributed by atoms with Gasteiger partial charge >= 0.3 is 0 Å². The van der Waals surface area contributed by atoms with Crippen LogP contribution in [0.2, 0.25) is 0 Å². The van der Waals surface area contributed by atoms with Gasteiger partial charge in [0.1, 0.15) is 5.82 Å². The zero-order valence-corrected chi connectivity index (χ0v) is 18.0. The highest BCUT2D eigenvalue weighted by atomic mass is 19.1. The van der Waals surface area contributed by atoms with E-state index in [2.05, 4.69) is 34.9 Å². The van der Waals surface area contributed by atoms with Gasteiger partial charge in [-0.25, -0.2) is 4.39 Å². The number of nitrogens with one attached hydrogen (secondary N) is 2. The quantitative estimate of drug-likeness (QED) is 0.661. The molecular formula is C26H31FN2O2. The lowest BCUT2D eigenvalue weighted by Crippen LogP contribution is -2.45. The van der Waals surface area contributed by atoms with Gasteiger partial charge in [0.05, 0.1) is 0 Å². The first-order chi connectivity index (χ1) is 15.0. The van der Waals surface area contributed by atoms with Gasteiger partial charge in [-0.2, -0.15) is 0 Å². The third-order valence-corrected chi connectivity index (χ3v) is 7.09. The van der Waals surface area contributed by atoms with Gasteiger partial charge in [0.2, 0.25) is 11.8 Å². The second-order valence-electron chi connectivity index (χ2n) is 9.26. The van der Waals surface area contributed by atoms with Crippen molar-refractivity contribution in [3.8, 4) is 0 Å². The van der Waals surface area contributed by atoms with Crippen LogP contribution in [-0.2, 0) is 21.4 Å². The number of halogens is 1. The van der Waals surface area contributed by atoms with Crippen molar-refractivity contribution in [3.05, 3.63) is 71.5 Å². The fourth-order valence-corrected chi connectivity index (χ4v) is 5.29. The van der Waals surface area contributed by atoms with Crippen molar-refractivity contribution in [2.75, 3.05) is 6.54 Å². The molecule has 1 heterocycles. The highest BCUT2D eigenvalue weighted by molar-refractivity contribution is 5.80. The summed E-state index contributed by atoms with van der Waals surface area (Å²) in [5.41, 5.74) is 1.88. The molecule has 2 fully saturated rings. The number of hydrogen-bond acceptors (Lipinski definition) is 2. The molecule has 1 aliphatic carbocycles. The number of hydrogen-bond donors (Lipinski definition) is 2. The molecule has 2 aromatic rings. The molecule has 0 spiro atoms. The molecule has 2 amide bonds. The molecule has 4 nitrogen and oxygen atoms in total. The second kappa shape index (κ2) is 9.21. The van der Waals surface area contributed by atoms with Crippen molar-refractivity contribution in [3.63, 3.8) is 0 Å². The summed E-state index contributed by atoms with van der Waals surface area (Å²) in [5, 5.41) is 6.29. The maximum atomic E-state index is 13.3. The Morgan fingerprint density at radius 3 is 2.35 bits per heavy atom. The van der Waals surface area contributed by atoms with Crippen molar-refractivity contribution in [1.82, 2.24) is 10.6 Å². The zero-order valence-electron chi connectivity index (χ0n) is 18.0. The SMILES string of the molecule is O=C(CCC1(Cc2ccc(F)cc2)CCC(=O)N1)NCC1(c2ccccc2)CCCC1. The van der Waals surface area contributed by atoms with Gasteiger partial charge in [0.25, 0.3) is 0 Å². The van der Waals surface area contributed by atoms with E-state index in [9.17, 15) is 14.0 Å².